The smallest absolute Gasteiger partial charge is 0.339 e. The van der Waals surface area contributed by atoms with Crippen molar-refractivity contribution in [1.29, 1.82) is 0 Å². The highest BCUT2D eigenvalue weighted by Crippen LogP contribution is 2.81. The lowest BCUT2D eigenvalue weighted by molar-refractivity contribution is -0.316. The molecule has 4 aliphatic carbocycles. The molecule has 0 radical (unpaired) electrons. The largest absolute Gasteiger partial charge is 0.472 e. The SMILES string of the molecule is CC=C(C)C(=O)O[C@H]1[C@]2(C)C[C@@]3(O)[C@](C)([C@H]4CC[C@]5(C)C(=C4[C@H](OC(=O)C(C)C)[C@@]13O)[C@@H](O)C(=O)O[C@H]5c1ccoc1)[C@H]2CC(=O)OC. The Hall–Kier alpha value is -3.48. The molecule has 0 amide bonds. The fourth-order valence-corrected chi connectivity index (χ4v) is 10.4. The number of allylic oxidation sites excluding steroid dienone is 1. The molecule has 6 rings (SSSR count). The minimum atomic E-state index is -2.46. The third kappa shape index (κ3) is 4.11. The van der Waals surface area contributed by atoms with Crippen LogP contribution in [0.2, 0.25) is 0 Å². The minimum absolute atomic E-state index is 0.0875. The molecule has 0 unspecified atom stereocenters. The number of carbonyl (C=O) groups is 4. The number of aliphatic hydroxyl groups excluding tert-OH is 1. The molecule has 3 saturated carbocycles. The van der Waals surface area contributed by atoms with Gasteiger partial charge in [-0.25, -0.2) is 9.59 Å². The zero-order valence-corrected chi connectivity index (χ0v) is 28.7. The first-order valence-electron chi connectivity index (χ1n) is 16.6. The van der Waals surface area contributed by atoms with E-state index >= 15 is 0 Å². The van der Waals surface area contributed by atoms with Gasteiger partial charge in [0, 0.05) is 33.8 Å². The molecule has 1 aromatic rings. The Kier molecular flexibility index (Phi) is 7.89. The average molecular weight is 671 g/mol. The van der Waals surface area contributed by atoms with Crippen LogP contribution in [0.3, 0.4) is 0 Å². The third-order valence-corrected chi connectivity index (χ3v) is 12.8. The van der Waals surface area contributed by atoms with Gasteiger partial charge >= 0.3 is 23.9 Å². The molecule has 1 aromatic heterocycles. The van der Waals surface area contributed by atoms with Gasteiger partial charge in [-0.05, 0) is 62.2 Å². The molecule has 2 heterocycles. The molecule has 1 aliphatic heterocycles. The van der Waals surface area contributed by atoms with Crippen LogP contribution >= 0.6 is 0 Å². The maximum absolute atomic E-state index is 13.6. The summed E-state index contributed by atoms with van der Waals surface area (Å²) in [5.74, 6) is -5.01. The first kappa shape index (κ1) is 34.4. The summed E-state index contributed by atoms with van der Waals surface area (Å²) in [6.07, 6.45) is -0.893. The van der Waals surface area contributed by atoms with E-state index in [0.717, 1.165) is 0 Å². The number of aliphatic hydroxyl groups is 3. The second-order valence-electron chi connectivity index (χ2n) is 15.4. The van der Waals surface area contributed by atoms with Crippen molar-refractivity contribution in [2.24, 2.45) is 34.0 Å². The number of methoxy groups -OCH3 is 1. The lowest BCUT2D eigenvalue weighted by Gasteiger charge is -2.68. The minimum Gasteiger partial charge on any atom is -0.472 e. The fraction of sp³-hybridized carbons (Fsp3) is 0.667. The molecule has 12 nitrogen and oxygen atoms in total. The van der Waals surface area contributed by atoms with Crippen molar-refractivity contribution in [3.05, 3.63) is 47.0 Å². The Bertz CT molecular complexity index is 1610. The molecule has 11 atom stereocenters. The van der Waals surface area contributed by atoms with Crippen molar-refractivity contribution in [3.63, 3.8) is 0 Å². The van der Waals surface area contributed by atoms with Crippen molar-refractivity contribution >= 4 is 23.9 Å². The van der Waals surface area contributed by atoms with E-state index in [9.17, 15) is 34.5 Å². The maximum atomic E-state index is 13.6. The Morgan fingerprint density at radius 3 is 2.42 bits per heavy atom. The summed E-state index contributed by atoms with van der Waals surface area (Å²) in [6.45, 7) is 11.9. The van der Waals surface area contributed by atoms with Gasteiger partial charge in [0.1, 0.15) is 17.8 Å². The highest BCUT2D eigenvalue weighted by Gasteiger charge is 2.90. The molecule has 4 fully saturated rings. The second kappa shape index (κ2) is 11.0. The number of hydrogen-bond acceptors (Lipinski definition) is 12. The number of cyclic esters (lactones) is 1. The van der Waals surface area contributed by atoms with E-state index < -0.39 is 93.5 Å². The van der Waals surface area contributed by atoms with Crippen molar-refractivity contribution in [3.8, 4) is 0 Å². The van der Waals surface area contributed by atoms with E-state index in [1.54, 1.807) is 53.7 Å². The topological polar surface area (TPSA) is 179 Å². The van der Waals surface area contributed by atoms with Crippen molar-refractivity contribution in [2.75, 3.05) is 7.11 Å². The highest BCUT2D eigenvalue weighted by molar-refractivity contribution is 5.88. The van der Waals surface area contributed by atoms with Crippen molar-refractivity contribution < 1.29 is 57.9 Å². The quantitative estimate of drug-likeness (QED) is 0.167. The summed E-state index contributed by atoms with van der Waals surface area (Å²) in [4.78, 5) is 53.6. The number of fused-ring (bicyclic) bond motifs is 4. The number of furan rings is 1. The van der Waals surface area contributed by atoms with Gasteiger partial charge in [0.05, 0.1) is 25.6 Å². The normalized spacial score (nSPS) is 43.0. The van der Waals surface area contributed by atoms with Crippen molar-refractivity contribution in [2.45, 2.75) is 110 Å². The van der Waals surface area contributed by atoms with E-state index in [0.29, 0.717) is 18.4 Å². The Balaban J connectivity index is 1.69. The molecule has 0 aromatic carbocycles. The van der Waals surface area contributed by atoms with Crippen LogP contribution in [0.15, 0.2) is 45.8 Å². The Morgan fingerprint density at radius 1 is 1.15 bits per heavy atom. The predicted octanol–water partition coefficient (Wildman–Crippen LogP) is 3.48. The van der Waals surface area contributed by atoms with E-state index in [2.05, 4.69) is 0 Å². The summed E-state index contributed by atoms with van der Waals surface area (Å²) in [5, 5.41) is 38.1. The zero-order valence-electron chi connectivity index (χ0n) is 28.7. The first-order chi connectivity index (χ1) is 22.4. The molecular weight excluding hydrogens is 624 g/mol. The number of carbonyl (C=O) groups excluding carboxylic acids is 4. The van der Waals surface area contributed by atoms with Gasteiger partial charge in [0.25, 0.3) is 0 Å². The summed E-state index contributed by atoms with van der Waals surface area (Å²) in [6, 6.07) is 1.67. The van der Waals surface area contributed by atoms with Gasteiger partial charge in [0.2, 0.25) is 0 Å². The third-order valence-electron chi connectivity index (χ3n) is 12.8. The van der Waals surface area contributed by atoms with Crippen LogP contribution in [0.4, 0.5) is 0 Å². The molecule has 48 heavy (non-hydrogen) atoms. The van der Waals surface area contributed by atoms with Gasteiger partial charge in [-0.3, -0.25) is 9.59 Å². The number of hydrogen-bond donors (Lipinski definition) is 3. The number of ether oxygens (including phenoxy) is 4. The summed E-state index contributed by atoms with van der Waals surface area (Å²) in [7, 11) is 1.26. The van der Waals surface area contributed by atoms with Gasteiger partial charge in [-0.15, -0.1) is 0 Å². The molecule has 262 valence electrons. The lowest BCUT2D eigenvalue weighted by Crippen LogP contribution is -2.80. The lowest BCUT2D eigenvalue weighted by atomic mass is 9.40. The van der Waals surface area contributed by atoms with Crippen LogP contribution in [-0.4, -0.2) is 75.8 Å². The van der Waals surface area contributed by atoms with E-state index in [-0.39, 0.29) is 29.6 Å². The van der Waals surface area contributed by atoms with E-state index in [1.807, 2.05) is 6.92 Å². The van der Waals surface area contributed by atoms with Crippen LogP contribution in [0, 0.1) is 34.0 Å². The molecule has 1 saturated heterocycles. The standard InChI is InChI=1S/C36H46O12/c1-9-18(4)29(40)48-31-33(6)16-35(42)34(7,21(33)14-22(37)44-8)20-10-12-32(5)24(23(20)27(36(31,35)43)47-28(39)17(2)3)25(38)30(41)46-26(32)19-11-13-45-15-19/h9,11,13,15,17,20-21,25-27,31,38,42-43H,10,12,14,16H2,1-8H3/t20-,21-,25+,26-,27-,31-,32+,33+,34+,35+,36+/m0/s1. The van der Waals surface area contributed by atoms with Crippen LogP contribution in [0.1, 0.15) is 85.8 Å². The summed E-state index contributed by atoms with van der Waals surface area (Å²) >= 11 is 0. The second-order valence-corrected chi connectivity index (χ2v) is 15.4. The molecular formula is C36H46O12. The molecule has 5 aliphatic rings. The first-order valence-corrected chi connectivity index (χ1v) is 16.6. The molecule has 3 N–H and O–H groups in total. The maximum Gasteiger partial charge on any atom is 0.339 e. The molecule has 12 heteroatoms. The average Bonchev–Trinajstić information content (AvgIpc) is 3.68. The van der Waals surface area contributed by atoms with Gasteiger partial charge < -0.3 is 38.7 Å². The predicted molar refractivity (Wildman–Crippen MR) is 166 cm³/mol. The monoisotopic (exact) mass is 670 g/mol. The van der Waals surface area contributed by atoms with E-state index in [1.165, 1.54) is 19.6 Å². The number of rotatable bonds is 7. The number of esters is 4. The van der Waals surface area contributed by atoms with Gasteiger partial charge in [-0.1, -0.05) is 40.7 Å². The Morgan fingerprint density at radius 2 is 1.83 bits per heavy atom. The van der Waals surface area contributed by atoms with Crippen LogP contribution < -0.4 is 0 Å². The van der Waals surface area contributed by atoms with Crippen molar-refractivity contribution in [1.82, 2.24) is 0 Å². The summed E-state index contributed by atoms with van der Waals surface area (Å²) in [5.41, 5.74) is -6.80. The van der Waals surface area contributed by atoms with Crippen LogP contribution in [0.25, 0.3) is 0 Å². The van der Waals surface area contributed by atoms with Gasteiger partial charge in [-0.2, -0.15) is 0 Å². The highest BCUT2D eigenvalue weighted by atomic mass is 16.6. The van der Waals surface area contributed by atoms with Crippen LogP contribution in [-0.2, 0) is 38.1 Å². The van der Waals surface area contributed by atoms with Gasteiger partial charge in [0.15, 0.2) is 17.8 Å². The molecule has 0 spiro atoms. The fourth-order valence-electron chi connectivity index (χ4n) is 10.4. The van der Waals surface area contributed by atoms with E-state index in [4.69, 9.17) is 23.4 Å². The van der Waals surface area contributed by atoms with Crippen LogP contribution in [0.5, 0.6) is 0 Å². The molecule has 2 bridgehead atoms. The zero-order chi connectivity index (χ0) is 35.4. The summed E-state index contributed by atoms with van der Waals surface area (Å²) < 4.78 is 28.6. The Labute approximate surface area is 279 Å².